The Morgan fingerprint density at radius 1 is 1.16 bits per heavy atom. The van der Waals surface area contributed by atoms with Gasteiger partial charge in [-0.3, -0.25) is 16.0 Å². The molecule has 2 aliphatic heterocycles. The van der Waals surface area contributed by atoms with Gasteiger partial charge in [0.15, 0.2) is 0 Å². The van der Waals surface area contributed by atoms with Gasteiger partial charge in [-0.25, -0.2) is 0 Å². The van der Waals surface area contributed by atoms with Crippen LogP contribution in [-0.2, 0) is 0 Å². The van der Waals surface area contributed by atoms with E-state index in [0.29, 0.717) is 0 Å². The van der Waals surface area contributed by atoms with Gasteiger partial charge in [0.05, 0.1) is 18.4 Å². The Hall–Kier alpha value is -1.22. The maximum Gasteiger partial charge on any atom is 0.115 e. The fourth-order valence-corrected chi connectivity index (χ4v) is 2.74. The second-order valence-electron chi connectivity index (χ2n) is 5.06. The first-order valence-electron chi connectivity index (χ1n) is 6.45. The molecule has 2 heterocycles. The van der Waals surface area contributed by atoms with E-state index in [2.05, 4.69) is 21.3 Å². The van der Waals surface area contributed by atoms with Gasteiger partial charge < -0.3 is 21.9 Å². The molecular formula is C12H20N6O. The lowest BCUT2D eigenvalue weighted by molar-refractivity contribution is 0.124. The van der Waals surface area contributed by atoms with E-state index in [1.807, 2.05) is 12.1 Å². The van der Waals surface area contributed by atoms with Crippen molar-refractivity contribution < 1.29 is 5.11 Å². The molecule has 19 heavy (non-hydrogen) atoms. The van der Waals surface area contributed by atoms with Crippen LogP contribution in [-0.4, -0.2) is 36.3 Å². The number of fused-ring (bicyclic) bond motifs is 1. The number of hydrogen-bond donors (Lipinski definition) is 7. The summed E-state index contributed by atoms with van der Waals surface area (Å²) in [4.78, 5) is 0. The van der Waals surface area contributed by atoms with Crippen LogP contribution in [0, 0.1) is 0 Å². The van der Waals surface area contributed by atoms with E-state index in [0.717, 1.165) is 12.1 Å². The third-order valence-electron chi connectivity index (χ3n) is 3.69. The number of benzene rings is 1. The Morgan fingerprint density at radius 2 is 2.00 bits per heavy atom. The largest absolute Gasteiger partial charge is 0.508 e. The monoisotopic (exact) mass is 264 g/mol. The zero-order valence-electron chi connectivity index (χ0n) is 10.5. The number of phenolic OH excluding ortho intramolecular Hbond substituents is 1. The molecular weight excluding hydrogens is 244 g/mol. The molecule has 2 saturated heterocycles. The molecule has 0 radical (unpaired) electrons. The summed E-state index contributed by atoms with van der Waals surface area (Å²) in [5.41, 5.74) is 12.9. The molecule has 9 N–H and O–H groups in total. The zero-order valence-corrected chi connectivity index (χ0v) is 10.5. The molecule has 0 saturated carbocycles. The summed E-state index contributed by atoms with van der Waals surface area (Å²) in [6, 6.07) is 7.39. The first-order chi connectivity index (χ1) is 9.13. The number of aromatic hydroxyl groups is 1. The van der Waals surface area contributed by atoms with E-state index in [4.69, 9.17) is 11.5 Å². The van der Waals surface area contributed by atoms with E-state index >= 15 is 0 Å². The second kappa shape index (κ2) is 5.04. The molecule has 0 aliphatic carbocycles. The minimum atomic E-state index is -0.303. The number of phenols is 1. The van der Waals surface area contributed by atoms with Gasteiger partial charge in [-0.15, -0.1) is 0 Å². The van der Waals surface area contributed by atoms with Crippen LogP contribution in [0.4, 0.5) is 0 Å². The summed E-state index contributed by atoms with van der Waals surface area (Å²) in [7, 11) is 0. The van der Waals surface area contributed by atoms with Crippen molar-refractivity contribution >= 4 is 0 Å². The highest BCUT2D eigenvalue weighted by Crippen LogP contribution is 2.21. The van der Waals surface area contributed by atoms with Crippen LogP contribution in [0.3, 0.4) is 0 Å². The summed E-state index contributed by atoms with van der Waals surface area (Å²) in [5, 5.41) is 22.7. The van der Waals surface area contributed by atoms with Crippen LogP contribution in [0.5, 0.6) is 5.75 Å². The Morgan fingerprint density at radius 3 is 2.79 bits per heavy atom. The molecule has 1 aromatic carbocycles. The van der Waals surface area contributed by atoms with Crippen LogP contribution in [0.1, 0.15) is 11.6 Å². The van der Waals surface area contributed by atoms with Crippen molar-refractivity contribution in [1.82, 2.24) is 21.3 Å². The maximum atomic E-state index is 9.55. The van der Waals surface area contributed by atoms with Gasteiger partial charge in [-0.1, -0.05) is 12.1 Å². The van der Waals surface area contributed by atoms with Gasteiger partial charge in [0, 0.05) is 12.6 Å². The van der Waals surface area contributed by atoms with Crippen molar-refractivity contribution in [2.75, 3.05) is 6.54 Å². The van der Waals surface area contributed by atoms with Crippen molar-refractivity contribution in [3.05, 3.63) is 29.8 Å². The highest BCUT2D eigenvalue weighted by molar-refractivity contribution is 5.30. The Balaban J connectivity index is 1.75. The molecule has 2 aliphatic rings. The molecule has 5 unspecified atom stereocenters. The Labute approximate surface area is 111 Å². The molecule has 0 amide bonds. The number of rotatable bonds is 1. The van der Waals surface area contributed by atoms with E-state index in [-0.39, 0.29) is 36.5 Å². The van der Waals surface area contributed by atoms with E-state index in [1.165, 1.54) is 0 Å². The summed E-state index contributed by atoms with van der Waals surface area (Å²) in [6.45, 7) is 0.747. The summed E-state index contributed by atoms with van der Waals surface area (Å²) < 4.78 is 0. The molecule has 1 aromatic rings. The lowest BCUT2D eigenvalue weighted by Gasteiger charge is -2.47. The number of piperazine rings is 1. The van der Waals surface area contributed by atoms with Crippen molar-refractivity contribution in [3.63, 3.8) is 0 Å². The highest BCUT2D eigenvalue weighted by Gasteiger charge is 2.38. The van der Waals surface area contributed by atoms with E-state index in [9.17, 15) is 5.11 Å². The number of nitrogens with one attached hydrogen (secondary N) is 4. The fraction of sp³-hybridized carbons (Fsp3) is 0.500. The maximum absolute atomic E-state index is 9.55. The Kier molecular flexibility index (Phi) is 3.40. The number of hydrogen-bond acceptors (Lipinski definition) is 7. The molecule has 7 heteroatoms. The minimum absolute atomic E-state index is 0.0286. The van der Waals surface area contributed by atoms with Crippen molar-refractivity contribution in [2.24, 2.45) is 11.5 Å². The molecule has 0 bridgehead atoms. The first-order valence-corrected chi connectivity index (χ1v) is 6.45. The third-order valence-corrected chi connectivity index (χ3v) is 3.69. The Bertz CT molecular complexity index is 456. The van der Waals surface area contributed by atoms with Crippen LogP contribution < -0.4 is 32.7 Å². The van der Waals surface area contributed by atoms with Crippen molar-refractivity contribution in [3.8, 4) is 5.75 Å². The molecule has 0 spiro atoms. The van der Waals surface area contributed by atoms with Gasteiger partial charge in [0.25, 0.3) is 0 Å². The van der Waals surface area contributed by atoms with Gasteiger partial charge in [0.1, 0.15) is 12.0 Å². The van der Waals surface area contributed by atoms with E-state index < -0.39 is 0 Å². The highest BCUT2D eigenvalue weighted by atomic mass is 16.3. The average Bonchev–Trinajstić information content (AvgIpc) is 2.38. The SMILES string of the molecule is NC1NC(N)C2NC(c3cccc(O)c3)CNC2N1. The zero-order chi connectivity index (χ0) is 13.4. The predicted octanol–water partition coefficient (Wildman–Crippen LogP) is -1.96. The standard InChI is InChI=1S/C12H20N6O/c13-10-9-11(18-12(14)17-10)15-5-8(16-9)6-2-1-3-7(19)4-6/h1-4,8-12,15-19H,5,13-14H2. The molecule has 5 atom stereocenters. The normalized spacial score (nSPS) is 38.7. The quantitative estimate of drug-likeness (QED) is 0.314. The predicted molar refractivity (Wildman–Crippen MR) is 71.8 cm³/mol. The average molecular weight is 264 g/mol. The molecule has 7 nitrogen and oxygen atoms in total. The van der Waals surface area contributed by atoms with Crippen LogP contribution in [0.25, 0.3) is 0 Å². The smallest absolute Gasteiger partial charge is 0.115 e. The van der Waals surface area contributed by atoms with E-state index in [1.54, 1.807) is 12.1 Å². The summed E-state index contributed by atoms with van der Waals surface area (Å²) >= 11 is 0. The van der Waals surface area contributed by atoms with Crippen molar-refractivity contribution in [1.29, 1.82) is 0 Å². The molecule has 3 rings (SSSR count). The van der Waals surface area contributed by atoms with Crippen LogP contribution >= 0.6 is 0 Å². The summed E-state index contributed by atoms with van der Waals surface area (Å²) in [5.74, 6) is 0.271. The minimum Gasteiger partial charge on any atom is -0.508 e. The van der Waals surface area contributed by atoms with Crippen LogP contribution in [0.2, 0.25) is 0 Å². The second-order valence-corrected chi connectivity index (χ2v) is 5.06. The van der Waals surface area contributed by atoms with Crippen LogP contribution in [0.15, 0.2) is 24.3 Å². The number of nitrogens with two attached hydrogens (primary N) is 2. The topological polar surface area (TPSA) is 120 Å². The van der Waals surface area contributed by atoms with Gasteiger partial charge in [-0.2, -0.15) is 0 Å². The van der Waals surface area contributed by atoms with Gasteiger partial charge in [-0.05, 0) is 17.7 Å². The third kappa shape index (κ3) is 2.57. The van der Waals surface area contributed by atoms with Crippen molar-refractivity contribution in [2.45, 2.75) is 30.7 Å². The fourth-order valence-electron chi connectivity index (χ4n) is 2.74. The van der Waals surface area contributed by atoms with Gasteiger partial charge in [0.2, 0.25) is 0 Å². The molecule has 104 valence electrons. The first kappa shape index (κ1) is 12.8. The molecule has 2 fully saturated rings. The lowest BCUT2D eigenvalue weighted by atomic mass is 9.98. The van der Waals surface area contributed by atoms with Gasteiger partial charge >= 0.3 is 0 Å². The lowest BCUT2D eigenvalue weighted by Crippen LogP contribution is -2.80. The molecule has 0 aromatic heterocycles. The summed E-state index contributed by atoms with van der Waals surface area (Å²) in [6.07, 6.45) is -0.489.